The standard InChI is InChI=1S/C19H25NO7/c1-3-26-16(22)12-14(19(25)27-4-2)17(18(23)24)20-15(21)11-10-13-8-6-5-7-9-13/h5-9,14,17H,3-4,10-12H2,1-2H3,(H,20,21)(H,23,24)/t14-,17-/m1/s1. The predicted octanol–water partition coefficient (Wildman–Crippen LogP) is 1.32. The second-order valence-electron chi connectivity index (χ2n) is 5.74. The highest BCUT2D eigenvalue weighted by molar-refractivity contribution is 5.90. The number of aryl methyl sites for hydroxylation is 1. The maximum absolute atomic E-state index is 12.2. The van der Waals surface area contributed by atoms with Crippen LogP contribution < -0.4 is 5.32 Å². The van der Waals surface area contributed by atoms with Gasteiger partial charge in [-0.25, -0.2) is 4.79 Å². The van der Waals surface area contributed by atoms with Gasteiger partial charge in [-0.2, -0.15) is 0 Å². The Morgan fingerprint density at radius 2 is 1.67 bits per heavy atom. The Kier molecular flexibility index (Phi) is 9.57. The molecule has 0 heterocycles. The molecule has 0 unspecified atom stereocenters. The number of carbonyl (C=O) groups excluding carboxylic acids is 3. The zero-order chi connectivity index (χ0) is 20.2. The van der Waals surface area contributed by atoms with Crippen molar-refractivity contribution in [3.63, 3.8) is 0 Å². The zero-order valence-electron chi connectivity index (χ0n) is 15.5. The van der Waals surface area contributed by atoms with E-state index in [4.69, 9.17) is 9.47 Å². The second-order valence-corrected chi connectivity index (χ2v) is 5.74. The molecule has 0 saturated carbocycles. The Hall–Kier alpha value is -2.90. The molecule has 1 aromatic carbocycles. The molecule has 0 bridgehead atoms. The van der Waals surface area contributed by atoms with Gasteiger partial charge in [0.25, 0.3) is 0 Å². The number of ether oxygens (including phenoxy) is 2. The summed E-state index contributed by atoms with van der Waals surface area (Å²) in [6.45, 7) is 3.27. The Bertz CT molecular complexity index is 645. The lowest BCUT2D eigenvalue weighted by molar-refractivity contribution is -0.160. The minimum absolute atomic E-state index is 0.0203. The molecule has 27 heavy (non-hydrogen) atoms. The maximum Gasteiger partial charge on any atom is 0.327 e. The SMILES string of the molecule is CCOC(=O)C[C@@H](C(=O)OCC)[C@@H](NC(=O)CCc1ccccc1)C(=O)O. The normalized spacial score (nSPS) is 12.5. The van der Waals surface area contributed by atoms with Crippen molar-refractivity contribution in [1.82, 2.24) is 5.32 Å². The van der Waals surface area contributed by atoms with Crippen LogP contribution in [0.3, 0.4) is 0 Å². The van der Waals surface area contributed by atoms with Gasteiger partial charge in [0.05, 0.1) is 25.6 Å². The number of carboxylic acids is 1. The topological polar surface area (TPSA) is 119 Å². The maximum atomic E-state index is 12.2. The molecule has 8 heteroatoms. The van der Waals surface area contributed by atoms with Crippen LogP contribution in [0.5, 0.6) is 0 Å². The predicted molar refractivity (Wildman–Crippen MR) is 95.7 cm³/mol. The van der Waals surface area contributed by atoms with E-state index in [2.05, 4.69) is 5.32 Å². The molecule has 0 spiro atoms. The number of carboxylic acid groups (broad SMARTS) is 1. The Balaban J connectivity index is 2.82. The number of hydrogen-bond donors (Lipinski definition) is 2. The Labute approximate surface area is 157 Å². The number of carbonyl (C=O) groups is 4. The molecular formula is C19H25NO7. The van der Waals surface area contributed by atoms with Crippen molar-refractivity contribution < 1.29 is 33.8 Å². The molecule has 0 fully saturated rings. The largest absolute Gasteiger partial charge is 0.480 e. The van der Waals surface area contributed by atoms with Crippen molar-refractivity contribution in [1.29, 1.82) is 0 Å². The first-order valence-electron chi connectivity index (χ1n) is 8.77. The van der Waals surface area contributed by atoms with E-state index in [9.17, 15) is 24.3 Å². The molecule has 0 aliphatic carbocycles. The van der Waals surface area contributed by atoms with Crippen LogP contribution in [0.15, 0.2) is 30.3 Å². The van der Waals surface area contributed by atoms with Gasteiger partial charge in [-0.1, -0.05) is 30.3 Å². The summed E-state index contributed by atoms with van der Waals surface area (Å²) in [6.07, 6.45) is -0.0354. The lowest BCUT2D eigenvalue weighted by Gasteiger charge is -2.22. The molecule has 1 rings (SSSR count). The number of amides is 1. The number of hydrogen-bond acceptors (Lipinski definition) is 6. The highest BCUT2D eigenvalue weighted by Gasteiger charge is 2.38. The number of aliphatic carboxylic acids is 1. The van der Waals surface area contributed by atoms with E-state index < -0.39 is 42.2 Å². The summed E-state index contributed by atoms with van der Waals surface area (Å²) in [6, 6.07) is 7.64. The van der Waals surface area contributed by atoms with Crippen LogP contribution in [0, 0.1) is 5.92 Å². The van der Waals surface area contributed by atoms with Crippen molar-refractivity contribution in [2.75, 3.05) is 13.2 Å². The number of nitrogens with one attached hydrogen (secondary N) is 1. The van der Waals surface area contributed by atoms with Gasteiger partial charge < -0.3 is 19.9 Å². The van der Waals surface area contributed by atoms with E-state index in [1.54, 1.807) is 13.8 Å². The molecular weight excluding hydrogens is 354 g/mol. The highest BCUT2D eigenvalue weighted by Crippen LogP contribution is 2.15. The van der Waals surface area contributed by atoms with Crippen molar-refractivity contribution in [2.45, 2.75) is 39.2 Å². The quantitative estimate of drug-likeness (QED) is 0.557. The van der Waals surface area contributed by atoms with E-state index in [0.29, 0.717) is 6.42 Å². The average molecular weight is 379 g/mol. The van der Waals surface area contributed by atoms with Crippen molar-refractivity contribution in [3.8, 4) is 0 Å². The summed E-state index contributed by atoms with van der Waals surface area (Å²) in [5.41, 5.74) is 0.924. The third-order valence-corrected chi connectivity index (χ3v) is 3.75. The molecule has 0 aliphatic heterocycles. The first-order chi connectivity index (χ1) is 12.9. The lowest BCUT2D eigenvalue weighted by atomic mass is 9.95. The first-order valence-corrected chi connectivity index (χ1v) is 8.77. The van der Waals surface area contributed by atoms with Gasteiger partial charge in [-0.05, 0) is 25.8 Å². The molecule has 0 aliphatic rings. The number of rotatable bonds is 11. The molecule has 2 N–H and O–H groups in total. The summed E-state index contributed by atoms with van der Waals surface area (Å²) >= 11 is 0. The fourth-order valence-corrected chi connectivity index (χ4v) is 2.47. The fourth-order valence-electron chi connectivity index (χ4n) is 2.47. The van der Waals surface area contributed by atoms with Crippen LogP contribution in [-0.2, 0) is 35.1 Å². The van der Waals surface area contributed by atoms with E-state index in [1.807, 2.05) is 30.3 Å². The zero-order valence-corrected chi connectivity index (χ0v) is 15.5. The van der Waals surface area contributed by atoms with Crippen LogP contribution in [0.2, 0.25) is 0 Å². The summed E-state index contributed by atoms with van der Waals surface area (Å²) in [7, 11) is 0. The monoisotopic (exact) mass is 379 g/mol. The molecule has 148 valence electrons. The van der Waals surface area contributed by atoms with E-state index in [0.717, 1.165) is 5.56 Å². The van der Waals surface area contributed by atoms with Crippen molar-refractivity contribution >= 4 is 23.8 Å². The second kappa shape index (κ2) is 11.7. The highest BCUT2D eigenvalue weighted by atomic mass is 16.5. The Morgan fingerprint density at radius 3 is 2.22 bits per heavy atom. The van der Waals surface area contributed by atoms with Crippen LogP contribution >= 0.6 is 0 Å². The summed E-state index contributed by atoms with van der Waals surface area (Å²) < 4.78 is 9.65. The van der Waals surface area contributed by atoms with E-state index in [-0.39, 0.29) is 19.6 Å². The molecule has 1 amide bonds. The molecule has 0 radical (unpaired) electrons. The van der Waals surface area contributed by atoms with Crippen LogP contribution in [0.1, 0.15) is 32.3 Å². The summed E-state index contributed by atoms with van der Waals surface area (Å²) in [4.78, 5) is 47.7. The van der Waals surface area contributed by atoms with Gasteiger partial charge in [0, 0.05) is 6.42 Å². The van der Waals surface area contributed by atoms with Gasteiger partial charge in [0.1, 0.15) is 6.04 Å². The average Bonchev–Trinajstić information content (AvgIpc) is 2.64. The first kappa shape index (κ1) is 22.1. The van der Waals surface area contributed by atoms with Crippen molar-refractivity contribution in [2.24, 2.45) is 5.92 Å². The van der Waals surface area contributed by atoms with Gasteiger partial charge in [0.2, 0.25) is 5.91 Å². The van der Waals surface area contributed by atoms with Crippen LogP contribution in [0.4, 0.5) is 0 Å². The Morgan fingerprint density at radius 1 is 1.04 bits per heavy atom. The van der Waals surface area contributed by atoms with Gasteiger partial charge in [0.15, 0.2) is 0 Å². The summed E-state index contributed by atoms with van der Waals surface area (Å²) in [5.74, 6) is -4.95. The van der Waals surface area contributed by atoms with Crippen LogP contribution in [0.25, 0.3) is 0 Å². The minimum Gasteiger partial charge on any atom is -0.480 e. The smallest absolute Gasteiger partial charge is 0.327 e. The van der Waals surface area contributed by atoms with Gasteiger partial charge in [-0.3, -0.25) is 14.4 Å². The molecule has 1 aromatic rings. The third-order valence-electron chi connectivity index (χ3n) is 3.75. The van der Waals surface area contributed by atoms with E-state index in [1.165, 1.54) is 0 Å². The minimum atomic E-state index is -1.59. The summed E-state index contributed by atoms with van der Waals surface area (Å²) in [5, 5.41) is 11.8. The van der Waals surface area contributed by atoms with E-state index >= 15 is 0 Å². The number of benzene rings is 1. The van der Waals surface area contributed by atoms with Gasteiger partial charge in [-0.15, -0.1) is 0 Å². The molecule has 0 aromatic heterocycles. The third kappa shape index (κ3) is 7.89. The molecule has 0 saturated heterocycles. The van der Waals surface area contributed by atoms with Crippen LogP contribution in [-0.4, -0.2) is 48.2 Å². The van der Waals surface area contributed by atoms with Crippen molar-refractivity contribution in [3.05, 3.63) is 35.9 Å². The fraction of sp³-hybridized carbons (Fsp3) is 0.474. The molecule has 8 nitrogen and oxygen atoms in total. The molecule has 2 atom stereocenters. The lowest BCUT2D eigenvalue weighted by Crippen LogP contribution is -2.49. The van der Waals surface area contributed by atoms with Gasteiger partial charge >= 0.3 is 17.9 Å². The number of esters is 2.